The Hall–Kier alpha value is -1.46. The van der Waals surface area contributed by atoms with Crippen LogP contribution in [0.15, 0.2) is 24.5 Å². The van der Waals surface area contributed by atoms with E-state index in [0.29, 0.717) is 10.8 Å². The fourth-order valence-corrected chi connectivity index (χ4v) is 1.52. The molecule has 0 unspecified atom stereocenters. The molecule has 0 aliphatic rings. The minimum absolute atomic E-state index is 0.584. The molecule has 0 aliphatic heterocycles. The Labute approximate surface area is 105 Å². The summed E-state index contributed by atoms with van der Waals surface area (Å²) < 4.78 is 1.60. The Morgan fingerprint density at radius 2 is 2.24 bits per heavy atom. The predicted octanol–water partition coefficient (Wildman–Crippen LogP) is 1.82. The van der Waals surface area contributed by atoms with Crippen LogP contribution in [-0.4, -0.2) is 26.5 Å². The van der Waals surface area contributed by atoms with Crippen molar-refractivity contribution in [2.24, 2.45) is 0 Å². The highest BCUT2D eigenvalue weighted by atomic mass is 35.5. The van der Waals surface area contributed by atoms with Crippen molar-refractivity contribution in [1.82, 2.24) is 25.3 Å². The maximum Gasteiger partial charge on any atom is 0.175 e. The number of nitrogens with zero attached hydrogens (tertiary/aromatic N) is 4. The molecule has 2 heterocycles. The third-order valence-corrected chi connectivity index (χ3v) is 2.42. The van der Waals surface area contributed by atoms with Crippen LogP contribution in [0.2, 0.25) is 5.02 Å². The van der Waals surface area contributed by atoms with E-state index in [1.165, 1.54) is 0 Å². The topological polar surface area (TPSA) is 55.6 Å². The zero-order valence-corrected chi connectivity index (χ0v) is 10.4. The number of aromatic nitrogens is 4. The predicted molar refractivity (Wildman–Crippen MR) is 66.2 cm³/mol. The van der Waals surface area contributed by atoms with Gasteiger partial charge in [0.05, 0.1) is 23.1 Å². The minimum Gasteiger partial charge on any atom is -0.311 e. The lowest BCUT2D eigenvalue weighted by Crippen LogP contribution is -2.15. The van der Waals surface area contributed by atoms with Gasteiger partial charge in [0, 0.05) is 6.54 Å². The summed E-state index contributed by atoms with van der Waals surface area (Å²) in [4.78, 5) is 0. The molecule has 0 fully saturated rings. The van der Waals surface area contributed by atoms with Gasteiger partial charge >= 0.3 is 0 Å². The Morgan fingerprint density at radius 1 is 1.35 bits per heavy atom. The highest BCUT2D eigenvalue weighted by molar-refractivity contribution is 6.30. The molecule has 2 aromatic rings. The number of nitrogens with one attached hydrogen (secondary N) is 1. The summed E-state index contributed by atoms with van der Waals surface area (Å²) in [6.07, 6.45) is 4.37. The van der Waals surface area contributed by atoms with Crippen LogP contribution in [0.25, 0.3) is 5.82 Å². The van der Waals surface area contributed by atoms with Gasteiger partial charge in [-0.1, -0.05) is 18.5 Å². The van der Waals surface area contributed by atoms with Gasteiger partial charge in [0.25, 0.3) is 0 Å². The summed E-state index contributed by atoms with van der Waals surface area (Å²) in [6, 6.07) is 3.81. The maximum absolute atomic E-state index is 5.78. The summed E-state index contributed by atoms with van der Waals surface area (Å²) in [6.45, 7) is 3.85. The van der Waals surface area contributed by atoms with E-state index in [1.807, 2.05) is 12.1 Å². The third-order valence-electron chi connectivity index (χ3n) is 2.22. The first-order valence-corrected chi connectivity index (χ1v) is 5.91. The Balaban J connectivity index is 2.02. The van der Waals surface area contributed by atoms with Crippen LogP contribution in [-0.2, 0) is 6.54 Å². The molecule has 17 heavy (non-hydrogen) atoms. The fourth-order valence-electron chi connectivity index (χ4n) is 1.39. The van der Waals surface area contributed by atoms with E-state index in [4.69, 9.17) is 11.6 Å². The SMILES string of the molecule is CCCNCc1ccc(-n2cc(Cl)cn2)nn1. The van der Waals surface area contributed by atoms with Crippen LogP contribution in [0.5, 0.6) is 0 Å². The minimum atomic E-state index is 0.584. The second-order valence-electron chi connectivity index (χ2n) is 3.66. The van der Waals surface area contributed by atoms with Crippen molar-refractivity contribution in [3.63, 3.8) is 0 Å². The van der Waals surface area contributed by atoms with Gasteiger partial charge in [0.15, 0.2) is 5.82 Å². The van der Waals surface area contributed by atoms with Gasteiger partial charge in [-0.2, -0.15) is 10.2 Å². The molecule has 0 bridgehead atoms. The van der Waals surface area contributed by atoms with Gasteiger partial charge in [-0.15, -0.1) is 5.10 Å². The normalized spacial score (nSPS) is 10.7. The molecule has 0 saturated heterocycles. The van der Waals surface area contributed by atoms with E-state index < -0.39 is 0 Å². The van der Waals surface area contributed by atoms with Crippen molar-refractivity contribution in [3.05, 3.63) is 35.2 Å². The second-order valence-corrected chi connectivity index (χ2v) is 4.10. The molecule has 6 heteroatoms. The molecule has 90 valence electrons. The summed E-state index contributed by atoms with van der Waals surface area (Å²) in [5, 5.41) is 16.1. The molecule has 0 spiro atoms. The Bertz CT molecular complexity index is 465. The average Bonchev–Trinajstić information content (AvgIpc) is 2.77. The van der Waals surface area contributed by atoms with Crippen LogP contribution < -0.4 is 5.32 Å². The zero-order chi connectivity index (χ0) is 12.1. The maximum atomic E-state index is 5.78. The van der Waals surface area contributed by atoms with Gasteiger partial charge in [-0.05, 0) is 25.1 Å². The first-order chi connectivity index (χ1) is 8.29. The molecule has 0 atom stereocenters. The number of rotatable bonds is 5. The van der Waals surface area contributed by atoms with Gasteiger partial charge in [0.2, 0.25) is 0 Å². The molecular weight excluding hydrogens is 238 g/mol. The van der Waals surface area contributed by atoms with Crippen LogP contribution in [0.1, 0.15) is 19.0 Å². The lowest BCUT2D eigenvalue weighted by atomic mass is 10.3. The van der Waals surface area contributed by atoms with E-state index >= 15 is 0 Å². The number of hydrogen-bond donors (Lipinski definition) is 1. The molecule has 0 aromatic carbocycles. The molecule has 1 N–H and O–H groups in total. The highest BCUT2D eigenvalue weighted by Crippen LogP contribution is 2.09. The standard InChI is InChI=1S/C11H14ClN5/c1-2-5-13-7-10-3-4-11(16-15-10)17-8-9(12)6-14-17/h3-4,6,8,13H,2,5,7H2,1H3. The van der Waals surface area contributed by atoms with Crippen LogP contribution in [0, 0.1) is 0 Å². The molecule has 0 aliphatic carbocycles. The van der Waals surface area contributed by atoms with Crippen molar-refractivity contribution in [2.75, 3.05) is 6.54 Å². The van der Waals surface area contributed by atoms with Crippen molar-refractivity contribution < 1.29 is 0 Å². The molecular formula is C11H14ClN5. The van der Waals surface area contributed by atoms with Crippen LogP contribution in [0.4, 0.5) is 0 Å². The zero-order valence-electron chi connectivity index (χ0n) is 9.60. The summed E-state index contributed by atoms with van der Waals surface area (Å²) in [7, 11) is 0. The van der Waals surface area contributed by atoms with E-state index in [2.05, 4.69) is 27.5 Å². The second kappa shape index (κ2) is 5.75. The summed E-state index contributed by atoms with van der Waals surface area (Å²) in [5.74, 6) is 0.663. The third kappa shape index (κ3) is 3.25. The van der Waals surface area contributed by atoms with Crippen molar-refractivity contribution in [3.8, 4) is 5.82 Å². The molecule has 0 radical (unpaired) electrons. The van der Waals surface area contributed by atoms with Crippen LogP contribution >= 0.6 is 11.6 Å². The van der Waals surface area contributed by atoms with Gasteiger partial charge in [-0.3, -0.25) is 0 Å². The highest BCUT2D eigenvalue weighted by Gasteiger charge is 2.01. The first kappa shape index (κ1) is 12.0. The first-order valence-electron chi connectivity index (χ1n) is 5.53. The molecule has 5 nitrogen and oxygen atoms in total. The Morgan fingerprint density at radius 3 is 2.82 bits per heavy atom. The molecule has 2 aromatic heterocycles. The summed E-state index contributed by atoms with van der Waals surface area (Å²) in [5.41, 5.74) is 0.917. The van der Waals surface area contributed by atoms with Crippen molar-refractivity contribution in [1.29, 1.82) is 0 Å². The van der Waals surface area contributed by atoms with E-state index in [-0.39, 0.29) is 0 Å². The van der Waals surface area contributed by atoms with Crippen LogP contribution in [0.3, 0.4) is 0 Å². The molecule has 2 rings (SSSR count). The van der Waals surface area contributed by atoms with Crippen molar-refractivity contribution in [2.45, 2.75) is 19.9 Å². The summed E-state index contributed by atoms with van der Waals surface area (Å²) >= 11 is 5.78. The largest absolute Gasteiger partial charge is 0.311 e. The van der Waals surface area contributed by atoms with E-state index in [1.54, 1.807) is 17.1 Å². The lowest BCUT2D eigenvalue weighted by molar-refractivity contribution is 0.653. The number of halogens is 1. The van der Waals surface area contributed by atoms with Gasteiger partial charge in [0.1, 0.15) is 0 Å². The lowest BCUT2D eigenvalue weighted by Gasteiger charge is -2.03. The monoisotopic (exact) mass is 251 g/mol. The molecule has 0 saturated carbocycles. The Kier molecular flexibility index (Phi) is 4.06. The van der Waals surface area contributed by atoms with Gasteiger partial charge in [-0.25, -0.2) is 4.68 Å². The average molecular weight is 252 g/mol. The quantitative estimate of drug-likeness (QED) is 0.824. The number of hydrogen-bond acceptors (Lipinski definition) is 4. The van der Waals surface area contributed by atoms with E-state index in [9.17, 15) is 0 Å². The van der Waals surface area contributed by atoms with Crippen molar-refractivity contribution >= 4 is 11.6 Å². The smallest absolute Gasteiger partial charge is 0.175 e. The van der Waals surface area contributed by atoms with Gasteiger partial charge < -0.3 is 5.32 Å². The van der Waals surface area contributed by atoms with E-state index in [0.717, 1.165) is 25.2 Å². The fraction of sp³-hybridized carbons (Fsp3) is 0.364. The molecule has 0 amide bonds.